The van der Waals surface area contributed by atoms with E-state index in [1.54, 1.807) is 11.3 Å². The van der Waals surface area contributed by atoms with Gasteiger partial charge < -0.3 is 5.32 Å². The Morgan fingerprint density at radius 3 is 2.73 bits per heavy atom. The first-order valence-electron chi connectivity index (χ1n) is 5.13. The Kier molecular flexibility index (Phi) is 3.57. The van der Waals surface area contributed by atoms with Crippen LogP contribution in [0.5, 0.6) is 0 Å². The van der Waals surface area contributed by atoms with Crippen molar-refractivity contribution in [2.24, 2.45) is 0 Å². The van der Waals surface area contributed by atoms with Crippen LogP contribution in [0.3, 0.4) is 0 Å². The van der Waals surface area contributed by atoms with Crippen LogP contribution in [0.1, 0.15) is 28.3 Å². The zero-order valence-corrected chi connectivity index (χ0v) is 10.6. The van der Waals surface area contributed by atoms with Gasteiger partial charge in [0.2, 0.25) is 0 Å². The molecule has 2 aromatic rings. The molecule has 0 aliphatic carbocycles. The molecule has 2 heterocycles. The minimum Gasteiger partial charge on any atom is -0.306 e. The highest BCUT2D eigenvalue weighted by molar-refractivity contribution is 7.12. The van der Waals surface area contributed by atoms with E-state index in [1.165, 1.54) is 15.3 Å². The van der Waals surface area contributed by atoms with Crippen molar-refractivity contribution in [1.82, 2.24) is 5.32 Å². The predicted octanol–water partition coefficient (Wildman–Crippen LogP) is 3.82. The third kappa shape index (κ3) is 2.48. The van der Waals surface area contributed by atoms with Gasteiger partial charge in [-0.2, -0.15) is 11.3 Å². The average Bonchev–Trinajstić information content (AvgIpc) is 2.85. The van der Waals surface area contributed by atoms with Crippen molar-refractivity contribution in [3.05, 3.63) is 44.3 Å². The van der Waals surface area contributed by atoms with Gasteiger partial charge in [0.1, 0.15) is 0 Å². The van der Waals surface area contributed by atoms with Crippen LogP contribution in [0.4, 0.5) is 0 Å². The van der Waals surface area contributed by atoms with Crippen molar-refractivity contribution in [1.29, 1.82) is 0 Å². The SMILES string of the molecule is CCNC(c1ccsc1)c1ccc(C)s1. The predicted molar refractivity (Wildman–Crippen MR) is 68.9 cm³/mol. The largest absolute Gasteiger partial charge is 0.306 e. The Balaban J connectivity index is 2.27. The highest BCUT2D eigenvalue weighted by Gasteiger charge is 2.14. The molecule has 2 rings (SSSR count). The fourth-order valence-corrected chi connectivity index (χ4v) is 3.30. The van der Waals surface area contributed by atoms with Gasteiger partial charge in [-0.3, -0.25) is 0 Å². The topological polar surface area (TPSA) is 12.0 Å². The van der Waals surface area contributed by atoms with Gasteiger partial charge in [-0.25, -0.2) is 0 Å². The summed E-state index contributed by atoms with van der Waals surface area (Å²) in [4.78, 5) is 2.79. The van der Waals surface area contributed by atoms with Crippen molar-refractivity contribution in [3.63, 3.8) is 0 Å². The van der Waals surface area contributed by atoms with Gasteiger partial charge in [0.15, 0.2) is 0 Å². The highest BCUT2D eigenvalue weighted by atomic mass is 32.1. The maximum atomic E-state index is 3.53. The van der Waals surface area contributed by atoms with E-state index in [-0.39, 0.29) is 0 Å². The van der Waals surface area contributed by atoms with Crippen molar-refractivity contribution >= 4 is 22.7 Å². The first kappa shape index (κ1) is 10.9. The smallest absolute Gasteiger partial charge is 0.0679 e. The maximum Gasteiger partial charge on any atom is 0.0679 e. The molecule has 1 unspecified atom stereocenters. The quantitative estimate of drug-likeness (QED) is 0.852. The Labute approximate surface area is 98.8 Å². The molecule has 1 N–H and O–H groups in total. The molecule has 0 saturated heterocycles. The van der Waals surface area contributed by atoms with Crippen LogP contribution in [-0.4, -0.2) is 6.54 Å². The lowest BCUT2D eigenvalue weighted by Crippen LogP contribution is -2.20. The van der Waals surface area contributed by atoms with Gasteiger partial charge in [0.05, 0.1) is 6.04 Å². The Morgan fingerprint density at radius 1 is 1.33 bits per heavy atom. The van der Waals surface area contributed by atoms with Crippen molar-refractivity contribution in [2.75, 3.05) is 6.54 Å². The maximum absolute atomic E-state index is 3.53. The molecule has 0 saturated carbocycles. The average molecular weight is 237 g/mol. The minimum atomic E-state index is 0.375. The number of rotatable bonds is 4. The van der Waals surface area contributed by atoms with Gasteiger partial charge in [0.25, 0.3) is 0 Å². The molecule has 0 amide bonds. The standard InChI is InChI=1S/C12H15NS2/c1-3-13-12(10-6-7-14-8-10)11-5-4-9(2)15-11/h4-8,12-13H,3H2,1-2H3. The van der Waals surface area contributed by atoms with Crippen LogP contribution < -0.4 is 5.32 Å². The monoisotopic (exact) mass is 237 g/mol. The lowest BCUT2D eigenvalue weighted by atomic mass is 10.1. The number of nitrogens with one attached hydrogen (secondary N) is 1. The summed E-state index contributed by atoms with van der Waals surface area (Å²) < 4.78 is 0. The van der Waals surface area contributed by atoms with Gasteiger partial charge in [-0.15, -0.1) is 11.3 Å². The molecule has 0 aliphatic heterocycles. The Bertz CT molecular complexity index is 403. The molecule has 1 nitrogen and oxygen atoms in total. The zero-order chi connectivity index (χ0) is 10.7. The third-order valence-electron chi connectivity index (χ3n) is 2.33. The second-order valence-corrected chi connectivity index (χ2v) is 5.60. The summed E-state index contributed by atoms with van der Waals surface area (Å²) in [6.07, 6.45) is 0. The fourth-order valence-electron chi connectivity index (χ4n) is 1.63. The Hall–Kier alpha value is -0.640. The van der Waals surface area contributed by atoms with E-state index in [0.29, 0.717) is 6.04 Å². The van der Waals surface area contributed by atoms with Crippen molar-refractivity contribution in [3.8, 4) is 0 Å². The molecule has 0 aromatic carbocycles. The molecule has 1 atom stereocenters. The first-order chi connectivity index (χ1) is 7.31. The zero-order valence-electron chi connectivity index (χ0n) is 8.99. The molecule has 0 aliphatic rings. The summed E-state index contributed by atoms with van der Waals surface area (Å²) in [5, 5.41) is 7.90. The molecule has 3 heteroatoms. The van der Waals surface area contributed by atoms with Crippen LogP contribution in [0.25, 0.3) is 0 Å². The molecular weight excluding hydrogens is 222 g/mol. The number of thiophene rings is 2. The summed E-state index contributed by atoms with van der Waals surface area (Å²) in [6.45, 7) is 5.31. The van der Waals surface area contributed by atoms with Gasteiger partial charge in [-0.05, 0) is 48.0 Å². The molecule has 80 valence electrons. The van der Waals surface area contributed by atoms with E-state index >= 15 is 0 Å². The summed E-state index contributed by atoms with van der Waals surface area (Å²) in [6, 6.07) is 6.99. The minimum absolute atomic E-state index is 0.375. The summed E-state index contributed by atoms with van der Waals surface area (Å²) in [5.41, 5.74) is 1.38. The fraction of sp³-hybridized carbons (Fsp3) is 0.333. The normalized spacial score (nSPS) is 12.9. The van der Waals surface area contributed by atoms with E-state index in [4.69, 9.17) is 0 Å². The summed E-state index contributed by atoms with van der Waals surface area (Å²) in [5.74, 6) is 0. The van der Waals surface area contributed by atoms with E-state index in [2.05, 4.69) is 48.1 Å². The summed E-state index contributed by atoms with van der Waals surface area (Å²) >= 11 is 3.64. The lowest BCUT2D eigenvalue weighted by molar-refractivity contribution is 0.641. The van der Waals surface area contributed by atoms with Crippen LogP contribution in [0, 0.1) is 6.92 Å². The van der Waals surface area contributed by atoms with Crippen LogP contribution >= 0.6 is 22.7 Å². The number of hydrogen-bond acceptors (Lipinski definition) is 3. The van der Waals surface area contributed by atoms with Crippen LogP contribution in [0.2, 0.25) is 0 Å². The lowest BCUT2D eigenvalue weighted by Gasteiger charge is -2.14. The Morgan fingerprint density at radius 2 is 2.20 bits per heavy atom. The second kappa shape index (κ2) is 4.92. The third-order valence-corrected chi connectivity index (χ3v) is 4.10. The number of hydrogen-bond donors (Lipinski definition) is 1. The van der Waals surface area contributed by atoms with E-state index in [1.807, 2.05) is 11.3 Å². The van der Waals surface area contributed by atoms with Crippen LogP contribution in [0.15, 0.2) is 29.0 Å². The van der Waals surface area contributed by atoms with E-state index < -0.39 is 0 Å². The molecule has 0 radical (unpaired) electrons. The first-order valence-corrected chi connectivity index (χ1v) is 6.89. The summed E-state index contributed by atoms with van der Waals surface area (Å²) in [7, 11) is 0. The molecule has 0 fully saturated rings. The highest BCUT2D eigenvalue weighted by Crippen LogP contribution is 2.29. The molecular formula is C12H15NS2. The van der Waals surface area contributed by atoms with Crippen LogP contribution in [-0.2, 0) is 0 Å². The molecule has 2 aromatic heterocycles. The van der Waals surface area contributed by atoms with E-state index in [0.717, 1.165) is 6.54 Å². The second-order valence-electron chi connectivity index (χ2n) is 3.50. The van der Waals surface area contributed by atoms with Crippen molar-refractivity contribution in [2.45, 2.75) is 19.9 Å². The van der Waals surface area contributed by atoms with Crippen molar-refractivity contribution < 1.29 is 0 Å². The molecule has 0 spiro atoms. The molecule has 15 heavy (non-hydrogen) atoms. The van der Waals surface area contributed by atoms with Gasteiger partial charge in [0, 0.05) is 9.75 Å². The van der Waals surface area contributed by atoms with Gasteiger partial charge >= 0.3 is 0 Å². The van der Waals surface area contributed by atoms with Gasteiger partial charge in [-0.1, -0.05) is 6.92 Å². The number of aryl methyl sites for hydroxylation is 1. The molecule has 0 bridgehead atoms. The van der Waals surface area contributed by atoms with E-state index in [9.17, 15) is 0 Å².